The third kappa shape index (κ3) is 7.17. The van der Waals surface area contributed by atoms with Gasteiger partial charge in [-0.1, -0.05) is 91.5 Å². The monoisotopic (exact) mass is 492 g/mol. The van der Waals surface area contributed by atoms with Crippen molar-refractivity contribution >= 4 is 23.9 Å². The molecule has 1 atom stereocenters. The first kappa shape index (κ1) is 26.5. The van der Waals surface area contributed by atoms with Gasteiger partial charge in [0.15, 0.2) is 0 Å². The van der Waals surface area contributed by atoms with Crippen LogP contribution in [0.2, 0.25) is 5.02 Å². The summed E-state index contributed by atoms with van der Waals surface area (Å²) >= 11 is 6.06. The van der Waals surface area contributed by atoms with Crippen LogP contribution in [0, 0.1) is 0 Å². The van der Waals surface area contributed by atoms with Crippen molar-refractivity contribution in [3.8, 4) is 0 Å². The Kier molecular flexibility index (Phi) is 10.3. The molecule has 1 unspecified atom stereocenters. The summed E-state index contributed by atoms with van der Waals surface area (Å²) in [6, 6.07) is 26.1. The number of rotatable bonds is 3. The second-order valence-electron chi connectivity index (χ2n) is 8.71. The molecule has 0 radical (unpaired) electrons. The normalized spacial score (nSPS) is 17.3. The third-order valence-corrected chi connectivity index (χ3v) is 6.73. The highest BCUT2D eigenvalue weighted by molar-refractivity contribution is 6.30. The fraction of sp³-hybridized carbons (Fsp3) is 0.310. The summed E-state index contributed by atoms with van der Waals surface area (Å²) in [6.07, 6.45) is 7.13. The molecule has 6 heteroatoms. The Balaban J connectivity index is 0.000000260. The third-order valence-electron chi connectivity index (χ3n) is 6.48. The van der Waals surface area contributed by atoms with E-state index in [2.05, 4.69) is 28.8 Å². The Morgan fingerprint density at radius 1 is 0.914 bits per heavy atom. The number of benzene rings is 3. The maximum absolute atomic E-state index is 13.3. The molecule has 3 aromatic carbocycles. The van der Waals surface area contributed by atoms with Crippen molar-refractivity contribution in [2.75, 3.05) is 0 Å². The zero-order valence-corrected chi connectivity index (χ0v) is 20.6. The Labute approximate surface area is 212 Å². The van der Waals surface area contributed by atoms with Crippen LogP contribution in [0.1, 0.15) is 65.2 Å². The molecule has 0 aromatic heterocycles. The molecule has 3 aromatic rings. The fourth-order valence-corrected chi connectivity index (χ4v) is 4.95. The number of carbonyl (C=O) groups excluding carboxylic acids is 2. The molecule has 35 heavy (non-hydrogen) atoms. The van der Waals surface area contributed by atoms with E-state index in [1.54, 1.807) is 0 Å². The lowest BCUT2D eigenvalue weighted by atomic mass is 9.85. The number of halogens is 1. The van der Waals surface area contributed by atoms with Gasteiger partial charge in [0.05, 0.1) is 12.6 Å². The summed E-state index contributed by atoms with van der Waals surface area (Å²) in [5.41, 5.74) is 8.36. The van der Waals surface area contributed by atoms with Crippen LogP contribution in [0.15, 0.2) is 78.9 Å². The van der Waals surface area contributed by atoms with Gasteiger partial charge in [-0.25, -0.2) is 0 Å². The maximum atomic E-state index is 13.3. The van der Waals surface area contributed by atoms with E-state index in [-0.39, 0.29) is 25.0 Å². The topological polar surface area (TPSA) is 83.6 Å². The summed E-state index contributed by atoms with van der Waals surface area (Å²) in [7, 11) is 0. The summed E-state index contributed by atoms with van der Waals surface area (Å²) < 4.78 is 0. The van der Waals surface area contributed by atoms with Crippen LogP contribution in [0.5, 0.6) is 0 Å². The Morgan fingerprint density at radius 2 is 1.51 bits per heavy atom. The molecule has 1 aliphatic carbocycles. The minimum atomic E-state index is 0.118. The smallest absolute Gasteiger partial charge is 0.254 e. The summed E-state index contributed by atoms with van der Waals surface area (Å²) in [5, 5.41) is 9.28. The number of nitrogens with zero attached hydrogens (tertiary/aromatic N) is 1. The van der Waals surface area contributed by atoms with E-state index in [1.807, 2.05) is 60.7 Å². The first-order chi connectivity index (χ1) is 17.1. The molecule has 184 valence electrons. The lowest BCUT2D eigenvalue weighted by Gasteiger charge is -2.43. The Hall–Kier alpha value is -3.15. The van der Waals surface area contributed by atoms with Crippen molar-refractivity contribution in [3.05, 3.63) is 106 Å². The number of fused-ring (bicyclic) bond motifs is 1. The maximum Gasteiger partial charge on any atom is 0.254 e. The van der Waals surface area contributed by atoms with E-state index in [9.17, 15) is 4.79 Å². The predicted molar refractivity (Wildman–Crippen MR) is 140 cm³/mol. The van der Waals surface area contributed by atoms with Gasteiger partial charge >= 0.3 is 0 Å². The number of hydrogen-bond acceptors (Lipinski definition) is 3. The minimum Gasteiger partial charge on any atom is -0.392 e. The summed E-state index contributed by atoms with van der Waals surface area (Å²) in [4.78, 5) is 24.0. The van der Waals surface area contributed by atoms with Crippen LogP contribution in [0.3, 0.4) is 0 Å². The highest BCUT2D eigenvalue weighted by Crippen LogP contribution is 2.38. The molecule has 1 fully saturated rings. The van der Waals surface area contributed by atoms with Crippen LogP contribution in [0.25, 0.3) is 0 Å². The molecule has 2 amide bonds. The molecule has 0 saturated heterocycles. The van der Waals surface area contributed by atoms with E-state index in [4.69, 9.17) is 21.5 Å². The van der Waals surface area contributed by atoms with Crippen LogP contribution in [-0.2, 0) is 17.8 Å². The molecule has 3 N–H and O–H groups in total. The number of hydrogen-bond donors (Lipinski definition) is 2. The van der Waals surface area contributed by atoms with Crippen LogP contribution >= 0.6 is 11.6 Å². The number of aliphatic hydroxyl groups is 1. The van der Waals surface area contributed by atoms with E-state index < -0.39 is 0 Å². The zero-order valence-electron chi connectivity index (χ0n) is 19.9. The van der Waals surface area contributed by atoms with Gasteiger partial charge in [0, 0.05) is 16.6 Å². The van der Waals surface area contributed by atoms with Crippen LogP contribution in [-0.4, -0.2) is 28.4 Å². The predicted octanol–water partition coefficient (Wildman–Crippen LogP) is 5.69. The van der Waals surface area contributed by atoms with Gasteiger partial charge in [0.25, 0.3) is 5.91 Å². The molecule has 5 rings (SSSR count). The quantitative estimate of drug-likeness (QED) is 0.460. The number of amides is 2. The number of primary amides is 1. The Bertz CT molecular complexity index is 1070. The minimum absolute atomic E-state index is 0.118. The average Bonchev–Trinajstić information content (AvgIpc) is 2.91. The second kappa shape index (κ2) is 13.7. The summed E-state index contributed by atoms with van der Waals surface area (Å²) in [5.74, 6) is 0.198. The van der Waals surface area contributed by atoms with Crippen LogP contribution in [0.4, 0.5) is 0 Å². The molecular formula is C29H33ClN2O3. The highest BCUT2D eigenvalue weighted by atomic mass is 35.5. The van der Waals surface area contributed by atoms with Gasteiger partial charge in [0.1, 0.15) is 0 Å². The van der Waals surface area contributed by atoms with E-state index in [1.165, 1.54) is 24.8 Å². The largest absolute Gasteiger partial charge is 0.392 e. The Morgan fingerprint density at radius 3 is 2.11 bits per heavy atom. The molecular weight excluding hydrogens is 460 g/mol. The highest BCUT2D eigenvalue weighted by Gasteiger charge is 2.37. The van der Waals surface area contributed by atoms with Crippen molar-refractivity contribution in [1.82, 2.24) is 4.90 Å². The van der Waals surface area contributed by atoms with Crippen molar-refractivity contribution in [3.63, 3.8) is 0 Å². The lowest BCUT2D eigenvalue weighted by Crippen LogP contribution is -2.47. The molecule has 1 saturated carbocycles. The van der Waals surface area contributed by atoms with Crippen molar-refractivity contribution in [2.24, 2.45) is 5.73 Å². The van der Waals surface area contributed by atoms with Gasteiger partial charge in [-0.3, -0.25) is 9.59 Å². The lowest BCUT2D eigenvalue weighted by molar-refractivity contribution is -0.106. The zero-order chi connectivity index (χ0) is 25.0. The van der Waals surface area contributed by atoms with Crippen molar-refractivity contribution < 1.29 is 14.7 Å². The fourth-order valence-electron chi connectivity index (χ4n) is 4.82. The van der Waals surface area contributed by atoms with Crippen LogP contribution < -0.4 is 5.73 Å². The first-order valence-corrected chi connectivity index (χ1v) is 12.4. The van der Waals surface area contributed by atoms with E-state index in [0.717, 1.165) is 41.0 Å². The van der Waals surface area contributed by atoms with Gasteiger partial charge < -0.3 is 15.7 Å². The second-order valence-corrected chi connectivity index (χ2v) is 9.15. The van der Waals surface area contributed by atoms with Crippen molar-refractivity contribution in [2.45, 2.75) is 57.2 Å². The van der Waals surface area contributed by atoms with Gasteiger partial charge in [0.2, 0.25) is 6.41 Å². The van der Waals surface area contributed by atoms with E-state index >= 15 is 0 Å². The molecule has 0 bridgehead atoms. The van der Waals surface area contributed by atoms with Gasteiger partial charge in [-0.15, -0.1) is 0 Å². The average molecular weight is 493 g/mol. The van der Waals surface area contributed by atoms with Gasteiger partial charge in [-0.05, 0) is 54.2 Å². The molecule has 5 nitrogen and oxygen atoms in total. The molecule has 1 heterocycles. The van der Waals surface area contributed by atoms with E-state index in [0.29, 0.717) is 6.04 Å². The number of carbonyl (C=O) groups is 2. The molecule has 1 aliphatic heterocycles. The first-order valence-electron chi connectivity index (χ1n) is 12.0. The number of aliphatic hydroxyl groups excluding tert-OH is 1. The summed E-state index contributed by atoms with van der Waals surface area (Å²) in [6.45, 7) is 0.140. The standard InChI is InChI=1S/C21H22ClNO.C7H8O.CH3NO/c22-17-12-10-15(11-13-17)20-14-16-6-4-5-9-19(16)21(24)23(20)18-7-2-1-3-8-18;8-6-7-4-2-1-3-5-7;2-1-3/h4-6,9-13,18,20H,1-3,7-8,14H2;1-5,8H,6H2;1H,(H2,2,3). The SMILES string of the molecule is NC=O.O=C1c2ccccc2CC(c2ccc(Cl)cc2)N1C1CCCCC1.OCc1ccccc1. The molecule has 0 spiro atoms. The molecule has 2 aliphatic rings. The number of nitrogens with two attached hydrogens (primary N) is 1. The van der Waals surface area contributed by atoms with Gasteiger partial charge in [-0.2, -0.15) is 0 Å². The van der Waals surface area contributed by atoms with Crippen molar-refractivity contribution in [1.29, 1.82) is 0 Å².